The highest BCUT2D eigenvalue weighted by Crippen LogP contribution is 2.28. The molecular weight excluding hydrogens is 252 g/mol. The molecule has 106 valence electrons. The summed E-state index contributed by atoms with van der Waals surface area (Å²) in [6.07, 6.45) is 3.45. The number of carbonyl (C=O) groups excluding carboxylic acids is 1. The van der Waals surface area contributed by atoms with Gasteiger partial charge >= 0.3 is 0 Å². The summed E-state index contributed by atoms with van der Waals surface area (Å²) in [5, 5.41) is 0. The molecule has 1 saturated carbocycles. The molecule has 1 amide bonds. The van der Waals surface area contributed by atoms with Crippen LogP contribution in [0.15, 0.2) is 0 Å². The van der Waals surface area contributed by atoms with Crippen molar-refractivity contribution in [1.82, 2.24) is 4.90 Å². The van der Waals surface area contributed by atoms with E-state index in [1.54, 1.807) is 0 Å². The van der Waals surface area contributed by atoms with E-state index in [0.29, 0.717) is 18.5 Å². The maximum atomic E-state index is 12.2. The van der Waals surface area contributed by atoms with E-state index >= 15 is 0 Å². The summed E-state index contributed by atoms with van der Waals surface area (Å²) in [4.78, 5) is 14.0. The van der Waals surface area contributed by atoms with Gasteiger partial charge in [-0.05, 0) is 25.2 Å². The topological polar surface area (TPSA) is 80.5 Å². The van der Waals surface area contributed by atoms with Gasteiger partial charge in [0.25, 0.3) is 0 Å². The van der Waals surface area contributed by atoms with Crippen LogP contribution in [0.4, 0.5) is 0 Å². The fourth-order valence-electron chi connectivity index (χ4n) is 1.88. The lowest BCUT2D eigenvalue weighted by atomic mass is 10.1. The first-order valence-electron chi connectivity index (χ1n) is 6.44. The van der Waals surface area contributed by atoms with E-state index in [1.807, 2.05) is 4.90 Å². The molecule has 0 heterocycles. The van der Waals surface area contributed by atoms with Crippen molar-refractivity contribution in [3.63, 3.8) is 0 Å². The average Bonchev–Trinajstić information content (AvgIpc) is 3.04. The minimum Gasteiger partial charge on any atom is -0.338 e. The molecule has 0 aromatic rings. The highest BCUT2D eigenvalue weighted by Gasteiger charge is 2.34. The number of hydrogen-bond donors (Lipinski definition) is 1. The minimum absolute atomic E-state index is 0.0277. The van der Waals surface area contributed by atoms with Crippen molar-refractivity contribution in [2.24, 2.45) is 11.7 Å². The van der Waals surface area contributed by atoms with E-state index in [4.69, 9.17) is 5.73 Å². The summed E-state index contributed by atoms with van der Waals surface area (Å²) in [5.41, 5.74) is 5.81. The molecule has 1 unspecified atom stereocenters. The normalized spacial score (nSPS) is 17.8. The zero-order valence-electron chi connectivity index (χ0n) is 11.4. The molecular formula is C12H24N2O3S. The highest BCUT2D eigenvalue weighted by molar-refractivity contribution is 7.90. The van der Waals surface area contributed by atoms with E-state index in [-0.39, 0.29) is 18.1 Å². The number of sulfone groups is 1. The van der Waals surface area contributed by atoms with Gasteiger partial charge in [0.05, 0.1) is 11.8 Å². The number of nitrogens with two attached hydrogens (primary N) is 1. The molecule has 0 radical (unpaired) electrons. The number of amides is 1. The second-order valence-corrected chi connectivity index (χ2v) is 7.90. The molecule has 0 aromatic heterocycles. The van der Waals surface area contributed by atoms with Crippen LogP contribution in [-0.2, 0) is 14.6 Å². The van der Waals surface area contributed by atoms with Gasteiger partial charge in [0.15, 0.2) is 0 Å². The fourth-order valence-corrected chi connectivity index (χ4v) is 2.56. The lowest BCUT2D eigenvalue weighted by Crippen LogP contribution is -2.47. The SMILES string of the molecule is CC(C)CN(C(=O)C(N)CCS(C)(=O)=O)C1CC1. The van der Waals surface area contributed by atoms with E-state index in [1.165, 1.54) is 0 Å². The largest absolute Gasteiger partial charge is 0.338 e. The van der Waals surface area contributed by atoms with Crippen LogP contribution in [0.2, 0.25) is 0 Å². The van der Waals surface area contributed by atoms with Crippen molar-refractivity contribution in [2.45, 2.75) is 45.2 Å². The molecule has 6 heteroatoms. The summed E-state index contributed by atoms with van der Waals surface area (Å²) in [7, 11) is -3.06. The highest BCUT2D eigenvalue weighted by atomic mass is 32.2. The quantitative estimate of drug-likeness (QED) is 0.729. The molecule has 1 aliphatic rings. The first-order chi connectivity index (χ1) is 8.20. The predicted octanol–water partition coefficient (Wildman–Crippen LogP) is 0.395. The van der Waals surface area contributed by atoms with Crippen LogP contribution < -0.4 is 5.73 Å². The Balaban J connectivity index is 2.54. The van der Waals surface area contributed by atoms with Crippen molar-refractivity contribution in [2.75, 3.05) is 18.6 Å². The van der Waals surface area contributed by atoms with Gasteiger partial charge in [-0.15, -0.1) is 0 Å². The maximum absolute atomic E-state index is 12.2. The van der Waals surface area contributed by atoms with E-state index in [2.05, 4.69) is 13.8 Å². The smallest absolute Gasteiger partial charge is 0.239 e. The first-order valence-corrected chi connectivity index (χ1v) is 8.50. The molecule has 0 saturated heterocycles. The van der Waals surface area contributed by atoms with Gasteiger partial charge < -0.3 is 10.6 Å². The van der Waals surface area contributed by atoms with Crippen molar-refractivity contribution in [1.29, 1.82) is 0 Å². The lowest BCUT2D eigenvalue weighted by Gasteiger charge is -2.27. The Hall–Kier alpha value is -0.620. The zero-order valence-corrected chi connectivity index (χ0v) is 12.2. The van der Waals surface area contributed by atoms with Gasteiger partial charge in [0, 0.05) is 18.8 Å². The molecule has 0 spiro atoms. The number of carbonyl (C=O) groups is 1. The average molecular weight is 276 g/mol. The summed E-state index contributed by atoms with van der Waals surface area (Å²) < 4.78 is 22.1. The Morgan fingerprint density at radius 2 is 1.94 bits per heavy atom. The monoisotopic (exact) mass is 276 g/mol. The standard InChI is InChI=1S/C12H24N2O3S/c1-9(2)8-14(10-4-5-10)12(15)11(13)6-7-18(3,16)17/h9-11H,4-8,13H2,1-3H3. The van der Waals surface area contributed by atoms with Crippen LogP contribution in [0.1, 0.15) is 33.1 Å². The predicted molar refractivity (Wildman–Crippen MR) is 71.9 cm³/mol. The molecule has 1 rings (SSSR count). The Kier molecular flexibility index (Phi) is 5.16. The van der Waals surface area contributed by atoms with Crippen LogP contribution >= 0.6 is 0 Å². The van der Waals surface area contributed by atoms with Crippen LogP contribution in [0, 0.1) is 5.92 Å². The Labute approximate surface area is 110 Å². The van der Waals surface area contributed by atoms with Gasteiger partial charge in [0.2, 0.25) is 5.91 Å². The van der Waals surface area contributed by atoms with Crippen LogP contribution in [0.25, 0.3) is 0 Å². The van der Waals surface area contributed by atoms with Crippen LogP contribution in [-0.4, -0.2) is 49.9 Å². The minimum atomic E-state index is -3.06. The summed E-state index contributed by atoms with van der Waals surface area (Å²) in [6, 6.07) is -0.372. The third kappa shape index (κ3) is 5.35. The second kappa shape index (κ2) is 6.02. The van der Waals surface area contributed by atoms with E-state index in [0.717, 1.165) is 19.1 Å². The summed E-state index contributed by atoms with van der Waals surface area (Å²) >= 11 is 0. The fraction of sp³-hybridized carbons (Fsp3) is 0.917. The molecule has 18 heavy (non-hydrogen) atoms. The van der Waals surface area contributed by atoms with Crippen molar-refractivity contribution < 1.29 is 13.2 Å². The molecule has 1 aliphatic carbocycles. The van der Waals surface area contributed by atoms with E-state index in [9.17, 15) is 13.2 Å². The Morgan fingerprint density at radius 1 is 1.39 bits per heavy atom. The van der Waals surface area contributed by atoms with Gasteiger partial charge in [0.1, 0.15) is 9.84 Å². The molecule has 0 bridgehead atoms. The van der Waals surface area contributed by atoms with Gasteiger partial charge in [-0.1, -0.05) is 13.8 Å². The number of nitrogens with zero attached hydrogens (tertiary/aromatic N) is 1. The molecule has 5 nitrogen and oxygen atoms in total. The van der Waals surface area contributed by atoms with Crippen LogP contribution in [0.3, 0.4) is 0 Å². The molecule has 1 fully saturated rings. The summed E-state index contributed by atoms with van der Waals surface area (Å²) in [5.74, 6) is 0.270. The Bertz CT molecular complexity index is 388. The molecule has 2 N–H and O–H groups in total. The number of hydrogen-bond acceptors (Lipinski definition) is 4. The second-order valence-electron chi connectivity index (χ2n) is 5.64. The molecule has 1 atom stereocenters. The number of rotatable bonds is 7. The van der Waals surface area contributed by atoms with Crippen molar-refractivity contribution >= 4 is 15.7 Å². The van der Waals surface area contributed by atoms with Gasteiger partial charge in [-0.25, -0.2) is 8.42 Å². The summed E-state index contributed by atoms with van der Waals surface area (Å²) in [6.45, 7) is 4.82. The van der Waals surface area contributed by atoms with Crippen LogP contribution in [0.5, 0.6) is 0 Å². The van der Waals surface area contributed by atoms with Gasteiger partial charge in [-0.2, -0.15) is 0 Å². The Morgan fingerprint density at radius 3 is 2.33 bits per heavy atom. The maximum Gasteiger partial charge on any atom is 0.239 e. The lowest BCUT2D eigenvalue weighted by molar-refractivity contribution is -0.133. The third-order valence-electron chi connectivity index (χ3n) is 2.95. The zero-order chi connectivity index (χ0) is 13.9. The van der Waals surface area contributed by atoms with Crippen molar-refractivity contribution in [3.05, 3.63) is 0 Å². The molecule has 0 aromatic carbocycles. The third-order valence-corrected chi connectivity index (χ3v) is 3.93. The first kappa shape index (κ1) is 15.4. The van der Waals surface area contributed by atoms with Gasteiger partial charge in [-0.3, -0.25) is 4.79 Å². The van der Waals surface area contributed by atoms with Crippen molar-refractivity contribution in [3.8, 4) is 0 Å². The van der Waals surface area contributed by atoms with E-state index < -0.39 is 15.9 Å². The molecule has 0 aliphatic heterocycles.